The van der Waals surface area contributed by atoms with Crippen LogP contribution in [0.3, 0.4) is 0 Å². The molecule has 2 aromatic carbocycles. The lowest BCUT2D eigenvalue weighted by atomic mass is 10.2. The minimum atomic E-state index is 0.278. The number of benzene rings is 2. The molecule has 100 valence electrons. The highest BCUT2D eigenvalue weighted by atomic mass is 79.9. The first-order valence-corrected chi connectivity index (χ1v) is 7.23. The Bertz CT molecular complexity index is 588. The number of phenolic OH excluding ortho intramolecular Hbond substituents is 1. The molecule has 0 aliphatic rings. The van der Waals surface area contributed by atoms with Crippen molar-refractivity contribution >= 4 is 37.5 Å². The molecule has 0 bridgehead atoms. The SMILES string of the molecule is COc1cc(NCc2cc(Br)ccc2O)ccc1Br. The molecular weight excluding hydrogens is 374 g/mol. The predicted octanol–water partition coefficient (Wildman–Crippen LogP) is 4.54. The fourth-order valence-corrected chi connectivity index (χ4v) is 2.48. The van der Waals surface area contributed by atoms with Crippen molar-refractivity contribution in [2.24, 2.45) is 0 Å². The first kappa shape index (κ1) is 14.2. The van der Waals surface area contributed by atoms with Crippen molar-refractivity contribution < 1.29 is 9.84 Å². The normalized spacial score (nSPS) is 10.3. The van der Waals surface area contributed by atoms with Gasteiger partial charge in [-0.1, -0.05) is 15.9 Å². The maximum absolute atomic E-state index is 9.76. The van der Waals surface area contributed by atoms with Crippen molar-refractivity contribution in [2.45, 2.75) is 6.54 Å². The fourth-order valence-electron chi connectivity index (χ4n) is 1.66. The summed E-state index contributed by atoms with van der Waals surface area (Å²) in [7, 11) is 1.63. The quantitative estimate of drug-likeness (QED) is 0.810. The van der Waals surface area contributed by atoms with E-state index in [1.54, 1.807) is 13.2 Å². The topological polar surface area (TPSA) is 41.5 Å². The fraction of sp³-hybridized carbons (Fsp3) is 0.143. The molecule has 0 unspecified atom stereocenters. The summed E-state index contributed by atoms with van der Waals surface area (Å²) in [6.07, 6.45) is 0. The minimum absolute atomic E-state index is 0.278. The maximum Gasteiger partial charge on any atom is 0.135 e. The molecule has 0 saturated heterocycles. The van der Waals surface area contributed by atoms with E-state index in [2.05, 4.69) is 37.2 Å². The van der Waals surface area contributed by atoms with Gasteiger partial charge in [-0.3, -0.25) is 0 Å². The van der Waals surface area contributed by atoms with Gasteiger partial charge in [0.25, 0.3) is 0 Å². The Morgan fingerprint density at radius 3 is 2.68 bits per heavy atom. The second-order valence-corrected chi connectivity index (χ2v) is 5.75. The zero-order valence-electron chi connectivity index (χ0n) is 10.3. The van der Waals surface area contributed by atoms with E-state index in [4.69, 9.17) is 4.74 Å². The molecule has 0 heterocycles. The second-order valence-electron chi connectivity index (χ2n) is 3.98. The molecule has 0 aliphatic heterocycles. The van der Waals surface area contributed by atoms with Gasteiger partial charge in [0, 0.05) is 28.3 Å². The second kappa shape index (κ2) is 6.30. The Balaban J connectivity index is 2.12. The molecular formula is C14H13Br2NO2. The van der Waals surface area contributed by atoms with Crippen LogP contribution in [0.5, 0.6) is 11.5 Å². The standard InChI is InChI=1S/C14H13Br2NO2/c1-19-14-7-11(3-4-12(14)16)17-8-9-6-10(15)2-5-13(9)18/h2-7,17-18H,8H2,1H3. The number of ether oxygens (including phenoxy) is 1. The predicted molar refractivity (Wildman–Crippen MR) is 83.8 cm³/mol. The van der Waals surface area contributed by atoms with E-state index in [1.165, 1.54) is 0 Å². The number of rotatable bonds is 4. The van der Waals surface area contributed by atoms with E-state index < -0.39 is 0 Å². The Labute approximate surface area is 128 Å². The highest BCUT2D eigenvalue weighted by molar-refractivity contribution is 9.10. The van der Waals surface area contributed by atoms with Gasteiger partial charge in [-0.25, -0.2) is 0 Å². The Morgan fingerprint density at radius 1 is 1.16 bits per heavy atom. The molecule has 0 saturated carbocycles. The monoisotopic (exact) mass is 385 g/mol. The first-order chi connectivity index (χ1) is 9.10. The van der Waals surface area contributed by atoms with E-state index in [9.17, 15) is 5.11 Å². The lowest BCUT2D eigenvalue weighted by Gasteiger charge is -2.10. The van der Waals surface area contributed by atoms with Crippen LogP contribution in [0.25, 0.3) is 0 Å². The van der Waals surface area contributed by atoms with Crippen molar-refractivity contribution in [2.75, 3.05) is 12.4 Å². The van der Waals surface area contributed by atoms with Crippen molar-refractivity contribution in [3.05, 3.63) is 50.9 Å². The van der Waals surface area contributed by atoms with E-state index in [0.29, 0.717) is 6.54 Å². The number of halogens is 2. The molecule has 19 heavy (non-hydrogen) atoms. The summed E-state index contributed by atoms with van der Waals surface area (Å²) < 4.78 is 7.09. The maximum atomic E-state index is 9.76. The van der Waals surface area contributed by atoms with E-state index in [-0.39, 0.29) is 5.75 Å². The summed E-state index contributed by atoms with van der Waals surface area (Å²) in [5.41, 5.74) is 1.76. The number of hydrogen-bond acceptors (Lipinski definition) is 3. The van der Waals surface area contributed by atoms with Gasteiger partial charge in [0.1, 0.15) is 11.5 Å². The lowest BCUT2D eigenvalue weighted by Crippen LogP contribution is -2.00. The third kappa shape index (κ3) is 3.64. The average Bonchev–Trinajstić information content (AvgIpc) is 2.41. The molecule has 2 aromatic rings. The summed E-state index contributed by atoms with van der Waals surface area (Å²) in [6, 6.07) is 11.1. The number of methoxy groups -OCH3 is 1. The highest BCUT2D eigenvalue weighted by Crippen LogP contribution is 2.29. The Kier molecular flexibility index (Phi) is 4.71. The molecule has 0 atom stereocenters. The van der Waals surface area contributed by atoms with Crippen LogP contribution in [0.4, 0.5) is 5.69 Å². The molecule has 5 heteroatoms. The van der Waals surface area contributed by atoms with Crippen molar-refractivity contribution in [1.29, 1.82) is 0 Å². The molecule has 0 fully saturated rings. The van der Waals surface area contributed by atoms with E-state index in [0.717, 1.165) is 25.9 Å². The molecule has 0 spiro atoms. The van der Waals surface area contributed by atoms with Gasteiger partial charge in [-0.15, -0.1) is 0 Å². The molecule has 2 N–H and O–H groups in total. The van der Waals surface area contributed by atoms with Gasteiger partial charge in [0.05, 0.1) is 11.6 Å². The summed E-state index contributed by atoms with van der Waals surface area (Å²) >= 11 is 6.80. The number of hydrogen-bond donors (Lipinski definition) is 2. The van der Waals surface area contributed by atoms with Crippen LogP contribution in [0.1, 0.15) is 5.56 Å². The van der Waals surface area contributed by atoms with Crippen LogP contribution in [-0.2, 0) is 6.54 Å². The molecule has 2 rings (SSSR count). The largest absolute Gasteiger partial charge is 0.508 e. The number of phenols is 1. The smallest absolute Gasteiger partial charge is 0.135 e. The van der Waals surface area contributed by atoms with Crippen molar-refractivity contribution in [1.82, 2.24) is 0 Å². The zero-order valence-corrected chi connectivity index (χ0v) is 13.5. The van der Waals surface area contributed by atoms with Crippen LogP contribution in [0.2, 0.25) is 0 Å². The first-order valence-electron chi connectivity index (χ1n) is 5.65. The molecule has 0 aromatic heterocycles. The average molecular weight is 387 g/mol. The number of anilines is 1. The van der Waals surface area contributed by atoms with Crippen LogP contribution in [0.15, 0.2) is 45.3 Å². The molecule has 3 nitrogen and oxygen atoms in total. The molecule has 0 aliphatic carbocycles. The van der Waals surface area contributed by atoms with Gasteiger partial charge in [0.2, 0.25) is 0 Å². The summed E-state index contributed by atoms with van der Waals surface area (Å²) in [4.78, 5) is 0. The van der Waals surface area contributed by atoms with Gasteiger partial charge in [0.15, 0.2) is 0 Å². The van der Waals surface area contributed by atoms with Gasteiger partial charge in [-0.05, 0) is 46.3 Å². The number of aromatic hydroxyl groups is 1. The van der Waals surface area contributed by atoms with Crippen LogP contribution < -0.4 is 10.1 Å². The Morgan fingerprint density at radius 2 is 1.95 bits per heavy atom. The van der Waals surface area contributed by atoms with Crippen molar-refractivity contribution in [3.63, 3.8) is 0 Å². The van der Waals surface area contributed by atoms with E-state index in [1.807, 2.05) is 30.3 Å². The van der Waals surface area contributed by atoms with Gasteiger partial charge >= 0.3 is 0 Å². The summed E-state index contributed by atoms with van der Waals surface area (Å²) in [5.74, 6) is 1.04. The van der Waals surface area contributed by atoms with Gasteiger partial charge < -0.3 is 15.2 Å². The van der Waals surface area contributed by atoms with Crippen LogP contribution in [-0.4, -0.2) is 12.2 Å². The summed E-state index contributed by atoms with van der Waals surface area (Å²) in [5, 5.41) is 13.0. The summed E-state index contributed by atoms with van der Waals surface area (Å²) in [6.45, 7) is 0.538. The lowest BCUT2D eigenvalue weighted by molar-refractivity contribution is 0.412. The van der Waals surface area contributed by atoms with E-state index >= 15 is 0 Å². The van der Waals surface area contributed by atoms with Gasteiger partial charge in [-0.2, -0.15) is 0 Å². The third-order valence-corrected chi connectivity index (χ3v) is 3.82. The third-order valence-electron chi connectivity index (χ3n) is 2.68. The van der Waals surface area contributed by atoms with Crippen LogP contribution in [0, 0.1) is 0 Å². The zero-order chi connectivity index (χ0) is 13.8. The highest BCUT2D eigenvalue weighted by Gasteiger charge is 2.04. The minimum Gasteiger partial charge on any atom is -0.508 e. The molecule has 0 radical (unpaired) electrons. The molecule has 0 amide bonds. The Hall–Kier alpha value is -1.20. The number of nitrogens with one attached hydrogen (secondary N) is 1. The van der Waals surface area contributed by atoms with Crippen molar-refractivity contribution in [3.8, 4) is 11.5 Å². The van der Waals surface area contributed by atoms with Crippen LogP contribution >= 0.6 is 31.9 Å².